The summed E-state index contributed by atoms with van der Waals surface area (Å²) in [5.41, 5.74) is 2.98. The third-order valence-electron chi connectivity index (χ3n) is 5.41. The Kier molecular flexibility index (Phi) is 5.72. The van der Waals surface area contributed by atoms with Crippen molar-refractivity contribution in [2.45, 2.75) is 26.8 Å². The molecule has 0 saturated carbocycles. The number of aryl methyl sites for hydroxylation is 2. The molecule has 9 nitrogen and oxygen atoms in total. The van der Waals surface area contributed by atoms with Gasteiger partial charge >= 0.3 is 0 Å². The van der Waals surface area contributed by atoms with Crippen LogP contribution in [0.4, 0.5) is 5.69 Å². The van der Waals surface area contributed by atoms with E-state index in [0.29, 0.717) is 38.1 Å². The molecule has 5 rings (SSSR count). The first kappa shape index (κ1) is 21.7. The summed E-state index contributed by atoms with van der Waals surface area (Å²) in [6.07, 6.45) is 5.56. The smallest absolute Gasteiger partial charge is 0.268 e. The van der Waals surface area contributed by atoms with Crippen molar-refractivity contribution in [1.29, 1.82) is 0 Å². The summed E-state index contributed by atoms with van der Waals surface area (Å²) in [4.78, 5) is 39.9. The number of hydrogen-bond donors (Lipinski definition) is 1. The number of anilines is 1. The van der Waals surface area contributed by atoms with Crippen molar-refractivity contribution in [3.63, 3.8) is 0 Å². The molecule has 170 valence electrons. The second-order valence-corrected chi connectivity index (χ2v) is 8.67. The lowest BCUT2D eigenvalue weighted by Gasteiger charge is -2.08. The minimum atomic E-state index is -0.302. The van der Waals surface area contributed by atoms with Crippen LogP contribution in [0.15, 0.2) is 64.4 Å². The lowest BCUT2D eigenvalue weighted by Crippen LogP contribution is -2.27. The van der Waals surface area contributed by atoms with Gasteiger partial charge in [-0.05, 0) is 48.7 Å². The quantitative estimate of drug-likeness (QED) is 0.396. The Bertz CT molecular complexity index is 1550. The molecule has 0 spiro atoms. The molecule has 1 amide bonds. The van der Waals surface area contributed by atoms with Gasteiger partial charge in [0.05, 0.1) is 16.6 Å². The monoisotopic (exact) mass is 472 g/mol. The van der Waals surface area contributed by atoms with Crippen LogP contribution in [0.2, 0.25) is 0 Å². The molecule has 0 bridgehead atoms. The maximum absolute atomic E-state index is 13.2. The highest BCUT2D eigenvalue weighted by Crippen LogP contribution is 2.35. The van der Waals surface area contributed by atoms with Crippen LogP contribution in [0.3, 0.4) is 0 Å². The Balaban J connectivity index is 1.43. The number of hydrogen-bond acceptors (Lipinski definition) is 8. The number of benzene rings is 1. The maximum atomic E-state index is 13.2. The molecular weight excluding hydrogens is 452 g/mol. The van der Waals surface area contributed by atoms with Gasteiger partial charge in [0.1, 0.15) is 11.4 Å². The van der Waals surface area contributed by atoms with Crippen molar-refractivity contribution in [3.8, 4) is 22.2 Å². The lowest BCUT2D eigenvalue weighted by molar-refractivity contribution is -0.116. The van der Waals surface area contributed by atoms with Crippen LogP contribution in [0, 0.1) is 6.92 Å². The normalized spacial score (nSPS) is 11.1. The van der Waals surface area contributed by atoms with Gasteiger partial charge < -0.3 is 9.84 Å². The highest BCUT2D eigenvalue weighted by atomic mass is 32.1. The molecule has 0 unspecified atom stereocenters. The number of aromatic nitrogens is 5. The molecule has 0 atom stereocenters. The second-order valence-electron chi connectivity index (χ2n) is 7.68. The summed E-state index contributed by atoms with van der Waals surface area (Å²) in [6, 6.07) is 11.2. The number of rotatable bonds is 6. The van der Waals surface area contributed by atoms with E-state index in [9.17, 15) is 9.59 Å². The van der Waals surface area contributed by atoms with Crippen LogP contribution < -0.4 is 10.9 Å². The van der Waals surface area contributed by atoms with Crippen LogP contribution in [0.25, 0.3) is 32.4 Å². The second kappa shape index (κ2) is 8.99. The molecule has 4 aromatic heterocycles. The fourth-order valence-corrected chi connectivity index (χ4v) is 4.70. The largest absolute Gasteiger partial charge is 0.333 e. The zero-order valence-electron chi connectivity index (χ0n) is 18.5. The van der Waals surface area contributed by atoms with E-state index in [4.69, 9.17) is 4.52 Å². The van der Waals surface area contributed by atoms with E-state index in [2.05, 4.69) is 25.4 Å². The summed E-state index contributed by atoms with van der Waals surface area (Å²) in [5.74, 6) is 0.443. The third-order valence-corrected chi connectivity index (χ3v) is 6.60. The average Bonchev–Trinajstić information content (AvgIpc) is 3.47. The SMILES string of the molecule is CCc1cccc(NC(=O)Cn2cnc3sc(-c4nc(-c5ccncc5)no4)c(C)c3c2=O)c1. The van der Waals surface area contributed by atoms with Crippen molar-refractivity contribution in [2.75, 3.05) is 5.32 Å². The highest BCUT2D eigenvalue weighted by molar-refractivity contribution is 7.22. The first-order valence-corrected chi connectivity index (χ1v) is 11.5. The van der Waals surface area contributed by atoms with Gasteiger partial charge in [0, 0.05) is 23.6 Å². The Labute approximate surface area is 198 Å². The Morgan fingerprint density at radius 3 is 2.82 bits per heavy atom. The van der Waals surface area contributed by atoms with Crippen molar-refractivity contribution in [1.82, 2.24) is 24.7 Å². The Hall–Kier alpha value is -4.18. The fourth-order valence-electron chi connectivity index (χ4n) is 3.63. The van der Waals surface area contributed by atoms with E-state index >= 15 is 0 Å². The van der Waals surface area contributed by atoms with Crippen molar-refractivity contribution in [3.05, 3.63) is 76.6 Å². The van der Waals surface area contributed by atoms with Crippen LogP contribution >= 0.6 is 11.3 Å². The van der Waals surface area contributed by atoms with Crippen LogP contribution in [-0.4, -0.2) is 30.6 Å². The summed E-state index contributed by atoms with van der Waals surface area (Å²) in [7, 11) is 0. The molecule has 1 aromatic carbocycles. The first-order chi connectivity index (χ1) is 16.5. The number of fused-ring (bicyclic) bond motifs is 1. The average molecular weight is 473 g/mol. The zero-order valence-corrected chi connectivity index (χ0v) is 19.3. The number of carbonyl (C=O) groups excluding carboxylic acids is 1. The molecule has 0 saturated heterocycles. The lowest BCUT2D eigenvalue weighted by atomic mass is 10.1. The molecular formula is C24H20N6O3S. The van der Waals surface area contributed by atoms with Gasteiger partial charge in [-0.25, -0.2) is 4.98 Å². The molecule has 1 N–H and O–H groups in total. The molecule has 4 heterocycles. The van der Waals surface area contributed by atoms with E-state index in [1.165, 1.54) is 22.2 Å². The van der Waals surface area contributed by atoms with Gasteiger partial charge in [0.15, 0.2) is 0 Å². The summed E-state index contributed by atoms with van der Waals surface area (Å²) >= 11 is 1.30. The van der Waals surface area contributed by atoms with E-state index in [1.54, 1.807) is 24.5 Å². The maximum Gasteiger partial charge on any atom is 0.268 e. The number of amides is 1. The molecule has 0 radical (unpaired) electrons. The minimum Gasteiger partial charge on any atom is -0.333 e. The van der Waals surface area contributed by atoms with Crippen LogP contribution in [0.5, 0.6) is 0 Å². The van der Waals surface area contributed by atoms with E-state index in [-0.39, 0.29) is 18.0 Å². The molecule has 5 aromatic rings. The van der Waals surface area contributed by atoms with Gasteiger partial charge in [0.2, 0.25) is 11.7 Å². The standard InChI is InChI=1S/C24H20N6O3S/c1-3-15-5-4-6-17(11-15)27-18(31)12-30-13-26-23-19(24(30)32)14(2)20(34-23)22-28-21(29-33-22)16-7-9-25-10-8-16/h4-11,13H,3,12H2,1-2H3,(H,27,31). The van der Waals surface area contributed by atoms with E-state index in [1.807, 2.05) is 38.1 Å². The number of carbonyl (C=O) groups is 1. The number of pyridine rings is 1. The van der Waals surface area contributed by atoms with Gasteiger partial charge in [-0.3, -0.25) is 19.1 Å². The third kappa shape index (κ3) is 4.11. The predicted octanol–water partition coefficient (Wildman–Crippen LogP) is 4.08. The molecule has 0 aliphatic heterocycles. The number of nitrogens with one attached hydrogen (secondary N) is 1. The molecule has 0 fully saturated rings. The van der Waals surface area contributed by atoms with Gasteiger partial charge in [-0.1, -0.05) is 24.2 Å². The first-order valence-electron chi connectivity index (χ1n) is 10.6. The van der Waals surface area contributed by atoms with Crippen molar-refractivity contribution in [2.24, 2.45) is 0 Å². The fraction of sp³-hybridized carbons (Fsp3) is 0.167. The van der Waals surface area contributed by atoms with Crippen LogP contribution in [-0.2, 0) is 17.8 Å². The summed E-state index contributed by atoms with van der Waals surface area (Å²) in [6.45, 7) is 3.72. The van der Waals surface area contributed by atoms with Gasteiger partial charge in [0.25, 0.3) is 11.4 Å². The van der Waals surface area contributed by atoms with Crippen molar-refractivity contribution < 1.29 is 9.32 Å². The van der Waals surface area contributed by atoms with Gasteiger partial charge in [-0.2, -0.15) is 4.98 Å². The zero-order chi connectivity index (χ0) is 23.7. The van der Waals surface area contributed by atoms with E-state index in [0.717, 1.165) is 17.5 Å². The molecule has 10 heteroatoms. The summed E-state index contributed by atoms with van der Waals surface area (Å²) < 4.78 is 6.77. The Morgan fingerprint density at radius 1 is 1.21 bits per heavy atom. The van der Waals surface area contributed by atoms with Crippen LogP contribution in [0.1, 0.15) is 18.1 Å². The Morgan fingerprint density at radius 2 is 2.03 bits per heavy atom. The number of nitrogens with zero attached hydrogens (tertiary/aromatic N) is 5. The van der Waals surface area contributed by atoms with Crippen molar-refractivity contribution >= 4 is 33.1 Å². The number of thiophene rings is 1. The molecule has 0 aliphatic rings. The predicted molar refractivity (Wildman–Crippen MR) is 130 cm³/mol. The molecule has 34 heavy (non-hydrogen) atoms. The topological polar surface area (TPSA) is 116 Å². The minimum absolute atomic E-state index is 0.143. The molecule has 0 aliphatic carbocycles. The highest BCUT2D eigenvalue weighted by Gasteiger charge is 2.21. The van der Waals surface area contributed by atoms with E-state index < -0.39 is 0 Å². The van der Waals surface area contributed by atoms with Gasteiger partial charge in [-0.15, -0.1) is 11.3 Å². The summed E-state index contributed by atoms with van der Waals surface area (Å²) in [5, 5.41) is 7.32.